The largest absolute Gasteiger partial charge is 0.465 e. The number of furan rings is 1. The maximum Gasteiger partial charge on any atom is 0.120 e. The van der Waals surface area contributed by atoms with Gasteiger partial charge in [0.2, 0.25) is 0 Å². The Balaban J connectivity index is 1.94. The molecule has 2 nitrogen and oxygen atoms in total. The molecule has 0 aromatic carbocycles. The van der Waals surface area contributed by atoms with Gasteiger partial charge in [0.15, 0.2) is 0 Å². The van der Waals surface area contributed by atoms with Gasteiger partial charge in [0, 0.05) is 15.9 Å². The van der Waals surface area contributed by atoms with Crippen molar-refractivity contribution in [3.05, 3.63) is 43.4 Å². The molecule has 2 rings (SSSR count). The van der Waals surface area contributed by atoms with Crippen molar-refractivity contribution >= 4 is 38.9 Å². The Morgan fingerprint density at radius 2 is 2.29 bits per heavy atom. The minimum absolute atomic E-state index is 0.198. The summed E-state index contributed by atoms with van der Waals surface area (Å²) in [6.45, 7) is 4.83. The van der Waals surface area contributed by atoms with Crippen LogP contribution in [-0.2, 0) is 6.54 Å². The highest BCUT2D eigenvalue weighted by Crippen LogP contribution is 2.32. The van der Waals surface area contributed by atoms with Crippen LogP contribution in [0.4, 0.5) is 0 Å². The highest BCUT2D eigenvalue weighted by Gasteiger charge is 2.10. The maximum absolute atomic E-state index is 5.99. The molecular weight excluding hydrogens is 322 g/mol. The van der Waals surface area contributed by atoms with Gasteiger partial charge in [0.05, 0.1) is 6.04 Å². The molecule has 0 aliphatic heterocycles. The molecule has 5 heteroatoms. The fourth-order valence-corrected chi connectivity index (χ4v) is 3.26. The van der Waals surface area contributed by atoms with Crippen LogP contribution < -0.4 is 5.32 Å². The quantitative estimate of drug-likeness (QED) is 0.859. The van der Waals surface area contributed by atoms with Crippen molar-refractivity contribution in [1.82, 2.24) is 5.32 Å². The Morgan fingerprint density at radius 1 is 1.53 bits per heavy atom. The minimum Gasteiger partial charge on any atom is -0.465 e. The fraction of sp³-hybridized carbons (Fsp3) is 0.333. The SMILES string of the molecule is Cc1ccc(C(C)NCc2cc(Br)c(Cl)s2)o1. The van der Waals surface area contributed by atoms with Crippen LogP contribution in [0.2, 0.25) is 4.34 Å². The molecule has 0 amide bonds. The van der Waals surface area contributed by atoms with Crippen LogP contribution in [0.25, 0.3) is 0 Å². The van der Waals surface area contributed by atoms with E-state index in [9.17, 15) is 0 Å². The molecule has 2 aromatic rings. The van der Waals surface area contributed by atoms with Crippen molar-refractivity contribution in [1.29, 1.82) is 0 Å². The molecule has 1 N–H and O–H groups in total. The standard InChI is InChI=1S/C12H13BrClNOS/c1-7-3-4-11(16-7)8(2)15-6-9-5-10(13)12(14)17-9/h3-5,8,15H,6H2,1-2H3. The second-order valence-electron chi connectivity index (χ2n) is 3.89. The van der Waals surface area contributed by atoms with Gasteiger partial charge in [-0.25, -0.2) is 0 Å². The topological polar surface area (TPSA) is 25.2 Å². The first-order chi connectivity index (χ1) is 8.06. The summed E-state index contributed by atoms with van der Waals surface area (Å²) in [6.07, 6.45) is 0. The number of aryl methyl sites for hydroxylation is 1. The van der Waals surface area contributed by atoms with Gasteiger partial charge in [0.1, 0.15) is 15.9 Å². The number of thiophene rings is 1. The number of nitrogens with one attached hydrogen (secondary N) is 1. The van der Waals surface area contributed by atoms with Crippen LogP contribution in [0.3, 0.4) is 0 Å². The van der Waals surface area contributed by atoms with Crippen molar-refractivity contribution in [2.24, 2.45) is 0 Å². The first-order valence-electron chi connectivity index (χ1n) is 5.29. The fourth-order valence-electron chi connectivity index (χ4n) is 1.52. The normalized spacial score (nSPS) is 12.9. The summed E-state index contributed by atoms with van der Waals surface area (Å²) in [5, 5.41) is 3.41. The van der Waals surface area contributed by atoms with Crippen LogP contribution in [0.15, 0.2) is 27.1 Å². The molecule has 2 heterocycles. The van der Waals surface area contributed by atoms with Crippen molar-refractivity contribution in [2.75, 3.05) is 0 Å². The third kappa shape index (κ3) is 3.35. The Labute approximate surface area is 118 Å². The smallest absolute Gasteiger partial charge is 0.120 e. The van der Waals surface area contributed by atoms with Gasteiger partial charge in [-0.05, 0) is 48.0 Å². The zero-order valence-electron chi connectivity index (χ0n) is 9.59. The van der Waals surface area contributed by atoms with Crippen LogP contribution in [0, 0.1) is 6.92 Å². The van der Waals surface area contributed by atoms with E-state index in [1.807, 2.05) is 25.1 Å². The Bertz CT molecular complexity index is 489. The van der Waals surface area contributed by atoms with Crippen molar-refractivity contribution < 1.29 is 4.42 Å². The Morgan fingerprint density at radius 3 is 2.82 bits per heavy atom. The van der Waals surface area contributed by atoms with E-state index in [1.165, 1.54) is 4.88 Å². The van der Waals surface area contributed by atoms with Crippen molar-refractivity contribution in [2.45, 2.75) is 26.4 Å². The lowest BCUT2D eigenvalue weighted by atomic mass is 10.2. The van der Waals surface area contributed by atoms with E-state index in [0.717, 1.165) is 26.9 Å². The van der Waals surface area contributed by atoms with Gasteiger partial charge in [0.25, 0.3) is 0 Å². The van der Waals surface area contributed by atoms with Gasteiger partial charge in [-0.3, -0.25) is 0 Å². The molecule has 0 fully saturated rings. The number of rotatable bonds is 4. The second kappa shape index (κ2) is 5.57. The molecule has 0 bridgehead atoms. The van der Waals surface area contributed by atoms with E-state index in [1.54, 1.807) is 11.3 Å². The highest BCUT2D eigenvalue weighted by atomic mass is 79.9. The van der Waals surface area contributed by atoms with E-state index in [0.29, 0.717) is 0 Å². The first kappa shape index (κ1) is 13.1. The average Bonchev–Trinajstić information content (AvgIpc) is 2.83. The van der Waals surface area contributed by atoms with Crippen LogP contribution in [0.5, 0.6) is 0 Å². The molecule has 17 heavy (non-hydrogen) atoms. The predicted octanol–water partition coefficient (Wildman–Crippen LogP) is 4.92. The summed E-state index contributed by atoms with van der Waals surface area (Å²) in [5.41, 5.74) is 0. The highest BCUT2D eigenvalue weighted by molar-refractivity contribution is 9.10. The Kier molecular flexibility index (Phi) is 4.31. The van der Waals surface area contributed by atoms with Gasteiger partial charge in [-0.1, -0.05) is 11.6 Å². The van der Waals surface area contributed by atoms with Gasteiger partial charge in [-0.15, -0.1) is 11.3 Å². The van der Waals surface area contributed by atoms with E-state index < -0.39 is 0 Å². The molecule has 0 aliphatic carbocycles. The number of hydrogen-bond donors (Lipinski definition) is 1. The van der Waals surface area contributed by atoms with Gasteiger partial charge in [-0.2, -0.15) is 0 Å². The average molecular weight is 335 g/mol. The number of halogens is 2. The van der Waals surface area contributed by atoms with E-state index in [2.05, 4.69) is 28.2 Å². The van der Waals surface area contributed by atoms with Gasteiger partial charge < -0.3 is 9.73 Å². The summed E-state index contributed by atoms with van der Waals surface area (Å²) in [4.78, 5) is 1.21. The predicted molar refractivity (Wildman–Crippen MR) is 75.7 cm³/mol. The summed E-state index contributed by atoms with van der Waals surface area (Å²) in [5.74, 6) is 1.90. The zero-order chi connectivity index (χ0) is 12.4. The lowest BCUT2D eigenvalue weighted by molar-refractivity contribution is 0.416. The van der Waals surface area contributed by atoms with Crippen LogP contribution >= 0.6 is 38.9 Å². The molecule has 0 radical (unpaired) electrons. The zero-order valence-corrected chi connectivity index (χ0v) is 12.7. The summed E-state index contributed by atoms with van der Waals surface area (Å²) >= 11 is 11.0. The lowest BCUT2D eigenvalue weighted by Crippen LogP contribution is -2.16. The minimum atomic E-state index is 0.198. The Hall–Kier alpha value is -0.290. The molecule has 92 valence electrons. The molecule has 0 aliphatic rings. The summed E-state index contributed by atoms with van der Waals surface area (Å²) in [7, 11) is 0. The van der Waals surface area contributed by atoms with Crippen molar-refractivity contribution in [3.63, 3.8) is 0 Å². The van der Waals surface area contributed by atoms with E-state index in [-0.39, 0.29) is 6.04 Å². The van der Waals surface area contributed by atoms with E-state index in [4.69, 9.17) is 16.0 Å². The molecular formula is C12H13BrClNOS. The summed E-state index contributed by atoms with van der Waals surface area (Å²) < 4.78 is 7.32. The molecule has 0 spiro atoms. The monoisotopic (exact) mass is 333 g/mol. The number of hydrogen-bond acceptors (Lipinski definition) is 3. The third-order valence-corrected chi connectivity index (χ3v) is 4.94. The van der Waals surface area contributed by atoms with Crippen LogP contribution in [-0.4, -0.2) is 0 Å². The van der Waals surface area contributed by atoms with Gasteiger partial charge >= 0.3 is 0 Å². The lowest BCUT2D eigenvalue weighted by Gasteiger charge is -2.09. The molecule has 1 atom stereocenters. The maximum atomic E-state index is 5.99. The first-order valence-corrected chi connectivity index (χ1v) is 7.28. The molecule has 2 aromatic heterocycles. The third-order valence-electron chi connectivity index (χ3n) is 2.47. The summed E-state index contributed by atoms with van der Waals surface area (Å²) in [6, 6.07) is 6.22. The second-order valence-corrected chi connectivity index (χ2v) is 6.48. The van der Waals surface area contributed by atoms with Crippen molar-refractivity contribution in [3.8, 4) is 0 Å². The molecule has 0 saturated carbocycles. The molecule has 0 saturated heterocycles. The molecule has 1 unspecified atom stereocenters. The van der Waals surface area contributed by atoms with E-state index >= 15 is 0 Å². The van der Waals surface area contributed by atoms with Crippen LogP contribution in [0.1, 0.15) is 29.4 Å².